The van der Waals surface area contributed by atoms with Crippen LogP contribution in [0.2, 0.25) is 0 Å². The predicted octanol–water partition coefficient (Wildman–Crippen LogP) is 3.70. The van der Waals surface area contributed by atoms with Crippen molar-refractivity contribution in [1.29, 1.82) is 0 Å². The van der Waals surface area contributed by atoms with E-state index in [1.54, 1.807) is 0 Å². The number of nitrogens with zero attached hydrogens (tertiary/aromatic N) is 1. The lowest BCUT2D eigenvalue weighted by Gasteiger charge is -2.29. The molecule has 4 nitrogen and oxygen atoms in total. The molecule has 2 atom stereocenters. The van der Waals surface area contributed by atoms with E-state index in [0.717, 1.165) is 37.7 Å². The first-order valence-electron chi connectivity index (χ1n) is 8.78. The molecule has 1 aliphatic carbocycles. The van der Waals surface area contributed by atoms with Gasteiger partial charge in [-0.25, -0.2) is 0 Å². The molecule has 1 amide bonds. The van der Waals surface area contributed by atoms with E-state index in [1.165, 1.54) is 5.57 Å². The van der Waals surface area contributed by atoms with E-state index < -0.39 is 0 Å². The van der Waals surface area contributed by atoms with Crippen molar-refractivity contribution in [2.24, 2.45) is 17.3 Å². The third-order valence-electron chi connectivity index (χ3n) is 5.20. The molecule has 1 N–H and O–H groups in total. The van der Waals surface area contributed by atoms with Crippen LogP contribution >= 0.6 is 0 Å². The van der Waals surface area contributed by atoms with Gasteiger partial charge in [-0.3, -0.25) is 4.79 Å². The Hall–Kier alpha value is -1.81. The Morgan fingerprint density at radius 2 is 2.00 bits per heavy atom. The van der Waals surface area contributed by atoms with Gasteiger partial charge in [0.2, 0.25) is 5.91 Å². The van der Waals surface area contributed by atoms with Crippen molar-refractivity contribution in [3.8, 4) is 0 Å². The molecule has 0 spiro atoms. The lowest BCUT2D eigenvalue weighted by atomic mass is 10.1. The second-order valence-corrected chi connectivity index (χ2v) is 7.71. The average Bonchev–Trinajstić information content (AvgIpc) is 3.08. The molecule has 0 radical (unpaired) electrons. The van der Waals surface area contributed by atoms with Crippen LogP contribution in [0, 0.1) is 17.3 Å². The lowest BCUT2D eigenvalue weighted by molar-refractivity contribution is -0.118. The lowest BCUT2D eigenvalue weighted by Crippen LogP contribution is -2.36. The predicted molar refractivity (Wildman–Crippen MR) is 98.3 cm³/mol. The smallest absolute Gasteiger partial charge is 0.228 e. The van der Waals surface area contributed by atoms with E-state index >= 15 is 0 Å². The van der Waals surface area contributed by atoms with Crippen LogP contribution in [-0.4, -0.2) is 32.2 Å². The molecule has 1 aliphatic heterocycles. The Morgan fingerprint density at radius 3 is 2.67 bits per heavy atom. The van der Waals surface area contributed by atoms with Crippen molar-refractivity contribution in [2.75, 3.05) is 36.5 Å². The van der Waals surface area contributed by atoms with Crippen LogP contribution in [0.1, 0.15) is 27.7 Å². The van der Waals surface area contributed by atoms with Crippen LogP contribution in [0.3, 0.4) is 0 Å². The number of carbonyl (C=O) groups is 1. The van der Waals surface area contributed by atoms with Gasteiger partial charge in [-0.2, -0.15) is 0 Å². The molecule has 1 saturated heterocycles. The second kappa shape index (κ2) is 6.60. The monoisotopic (exact) mass is 328 g/mol. The Kier molecular flexibility index (Phi) is 4.68. The molecule has 4 heteroatoms. The van der Waals surface area contributed by atoms with Gasteiger partial charge < -0.3 is 15.0 Å². The molecular weight excluding hydrogens is 300 g/mol. The van der Waals surface area contributed by atoms with Crippen LogP contribution < -0.4 is 10.2 Å². The summed E-state index contributed by atoms with van der Waals surface area (Å²) in [6.45, 7) is 11.8. The SMILES string of the molecule is CC(C)=C[C@H]1[C@@H](C(=O)Nc2cccc(N3CCOCC3)c2)C1(C)C. The molecule has 1 heterocycles. The van der Waals surface area contributed by atoms with E-state index in [1.807, 2.05) is 12.1 Å². The van der Waals surface area contributed by atoms with Crippen LogP contribution in [0.5, 0.6) is 0 Å². The van der Waals surface area contributed by atoms with Crippen LogP contribution in [0.4, 0.5) is 11.4 Å². The maximum atomic E-state index is 12.7. The number of amides is 1. The van der Waals surface area contributed by atoms with E-state index in [2.05, 4.69) is 56.1 Å². The number of hydrogen-bond donors (Lipinski definition) is 1. The van der Waals surface area contributed by atoms with Gasteiger partial charge in [0.1, 0.15) is 0 Å². The number of anilines is 2. The summed E-state index contributed by atoms with van der Waals surface area (Å²) in [6.07, 6.45) is 2.23. The highest BCUT2D eigenvalue weighted by Crippen LogP contribution is 2.59. The van der Waals surface area contributed by atoms with Crippen LogP contribution in [0.25, 0.3) is 0 Å². The fourth-order valence-electron chi connectivity index (χ4n) is 3.67. The largest absolute Gasteiger partial charge is 0.378 e. The van der Waals surface area contributed by atoms with E-state index in [4.69, 9.17) is 4.74 Å². The number of ether oxygens (including phenoxy) is 1. The summed E-state index contributed by atoms with van der Waals surface area (Å²) in [5.74, 6) is 0.519. The summed E-state index contributed by atoms with van der Waals surface area (Å²) in [5, 5.41) is 3.12. The maximum Gasteiger partial charge on any atom is 0.228 e. The summed E-state index contributed by atoms with van der Waals surface area (Å²) in [6, 6.07) is 8.13. The molecule has 24 heavy (non-hydrogen) atoms. The van der Waals surface area contributed by atoms with Gasteiger partial charge in [-0.1, -0.05) is 31.6 Å². The molecule has 1 aromatic carbocycles. The first-order chi connectivity index (χ1) is 11.4. The van der Waals surface area contributed by atoms with E-state index in [0.29, 0.717) is 5.92 Å². The molecular formula is C20H28N2O2. The fraction of sp³-hybridized carbons (Fsp3) is 0.550. The summed E-state index contributed by atoms with van der Waals surface area (Å²) in [7, 11) is 0. The van der Waals surface area contributed by atoms with Crippen molar-refractivity contribution in [3.05, 3.63) is 35.9 Å². The molecule has 0 aromatic heterocycles. The normalized spacial score (nSPS) is 25.1. The third-order valence-corrected chi connectivity index (χ3v) is 5.20. The van der Waals surface area contributed by atoms with Crippen LogP contribution in [0.15, 0.2) is 35.9 Å². The molecule has 0 bridgehead atoms. The van der Waals surface area contributed by atoms with Gasteiger partial charge in [0.15, 0.2) is 0 Å². The number of morpholine rings is 1. The standard InChI is InChI=1S/C20H28N2O2/c1-14(2)12-17-18(20(17,3)4)19(23)21-15-6-5-7-16(13-15)22-8-10-24-11-9-22/h5-7,12-13,17-18H,8-11H2,1-4H3,(H,21,23)/t17-,18-/m0/s1. The number of rotatable bonds is 4. The first kappa shape index (κ1) is 17.0. The Labute approximate surface area is 144 Å². The van der Waals surface area contributed by atoms with Gasteiger partial charge in [-0.15, -0.1) is 0 Å². The molecule has 1 aromatic rings. The highest BCUT2D eigenvalue weighted by molar-refractivity contribution is 5.96. The molecule has 0 unspecified atom stereocenters. The maximum absolute atomic E-state index is 12.7. The summed E-state index contributed by atoms with van der Waals surface area (Å²) >= 11 is 0. The Balaban J connectivity index is 1.68. The molecule has 1 saturated carbocycles. The molecule has 130 valence electrons. The summed E-state index contributed by atoms with van der Waals surface area (Å²) in [4.78, 5) is 15.0. The number of benzene rings is 1. The van der Waals surface area contributed by atoms with Gasteiger partial charge in [0.05, 0.1) is 19.1 Å². The number of carbonyl (C=O) groups excluding carboxylic acids is 1. The topological polar surface area (TPSA) is 41.6 Å². The number of hydrogen-bond acceptors (Lipinski definition) is 3. The third kappa shape index (κ3) is 3.48. The van der Waals surface area contributed by atoms with Gasteiger partial charge in [0.25, 0.3) is 0 Å². The van der Waals surface area contributed by atoms with Crippen molar-refractivity contribution < 1.29 is 9.53 Å². The summed E-state index contributed by atoms with van der Waals surface area (Å²) in [5.41, 5.74) is 3.34. The minimum atomic E-state index is 0.0448. The fourth-order valence-corrected chi connectivity index (χ4v) is 3.67. The Morgan fingerprint density at radius 1 is 1.29 bits per heavy atom. The highest BCUT2D eigenvalue weighted by Gasteiger charge is 2.60. The quantitative estimate of drug-likeness (QED) is 0.857. The Bertz CT molecular complexity index is 641. The van der Waals surface area contributed by atoms with Gasteiger partial charge in [0, 0.05) is 24.5 Å². The van der Waals surface area contributed by atoms with Gasteiger partial charge in [-0.05, 0) is 43.4 Å². The van der Waals surface area contributed by atoms with Crippen molar-refractivity contribution in [3.63, 3.8) is 0 Å². The van der Waals surface area contributed by atoms with E-state index in [-0.39, 0.29) is 17.2 Å². The minimum Gasteiger partial charge on any atom is -0.378 e. The van der Waals surface area contributed by atoms with Gasteiger partial charge >= 0.3 is 0 Å². The van der Waals surface area contributed by atoms with E-state index in [9.17, 15) is 4.79 Å². The highest BCUT2D eigenvalue weighted by atomic mass is 16.5. The zero-order valence-electron chi connectivity index (χ0n) is 15.1. The molecule has 2 fully saturated rings. The summed E-state index contributed by atoms with van der Waals surface area (Å²) < 4.78 is 5.41. The van der Waals surface area contributed by atoms with Crippen molar-refractivity contribution >= 4 is 17.3 Å². The van der Waals surface area contributed by atoms with Crippen molar-refractivity contribution in [1.82, 2.24) is 0 Å². The zero-order chi connectivity index (χ0) is 17.3. The van der Waals surface area contributed by atoms with Crippen molar-refractivity contribution in [2.45, 2.75) is 27.7 Å². The zero-order valence-corrected chi connectivity index (χ0v) is 15.1. The molecule has 2 aliphatic rings. The first-order valence-corrected chi connectivity index (χ1v) is 8.78. The number of nitrogens with one attached hydrogen (secondary N) is 1. The average molecular weight is 328 g/mol. The second-order valence-electron chi connectivity index (χ2n) is 7.71. The van der Waals surface area contributed by atoms with Crippen LogP contribution in [-0.2, 0) is 9.53 Å². The molecule has 3 rings (SSSR count). The minimum absolute atomic E-state index is 0.0448. The number of allylic oxidation sites excluding steroid dienone is 2.